The SMILES string of the molecule is N#CC(C(=O)c1ccccc1-c1ccc(C(F)(F)F)cc1)c1nnc(N2CCOCC2)n1-c1ccccc1. The molecule has 192 valence electrons. The fraction of sp³-hybridized carbons (Fsp3) is 0.214. The van der Waals surface area contributed by atoms with E-state index in [2.05, 4.69) is 16.3 Å². The highest BCUT2D eigenvalue weighted by Crippen LogP contribution is 2.34. The molecule has 10 heteroatoms. The summed E-state index contributed by atoms with van der Waals surface area (Å²) in [7, 11) is 0. The molecule has 1 aromatic heterocycles. The number of alkyl halides is 3. The number of morpholine rings is 1. The molecule has 5 rings (SSSR count). The van der Waals surface area contributed by atoms with E-state index in [1.807, 2.05) is 35.2 Å². The zero-order chi connectivity index (χ0) is 26.7. The number of para-hydroxylation sites is 1. The molecule has 0 N–H and O–H groups in total. The Labute approximate surface area is 216 Å². The molecular formula is C28H22F3N5O2. The highest BCUT2D eigenvalue weighted by atomic mass is 19.4. The first-order chi connectivity index (χ1) is 18.4. The highest BCUT2D eigenvalue weighted by Gasteiger charge is 2.33. The quantitative estimate of drug-likeness (QED) is 0.324. The molecule has 1 saturated heterocycles. The van der Waals surface area contributed by atoms with Crippen LogP contribution in [0.25, 0.3) is 16.8 Å². The second-order valence-electron chi connectivity index (χ2n) is 8.68. The minimum absolute atomic E-state index is 0.160. The summed E-state index contributed by atoms with van der Waals surface area (Å²) in [5, 5.41) is 18.8. The van der Waals surface area contributed by atoms with E-state index in [0.29, 0.717) is 49.1 Å². The number of halogens is 3. The molecule has 7 nitrogen and oxygen atoms in total. The number of carbonyl (C=O) groups is 1. The number of anilines is 1. The summed E-state index contributed by atoms with van der Waals surface area (Å²) in [6.07, 6.45) is -4.47. The van der Waals surface area contributed by atoms with E-state index in [9.17, 15) is 23.2 Å². The fourth-order valence-corrected chi connectivity index (χ4v) is 4.45. The number of ketones is 1. The van der Waals surface area contributed by atoms with Gasteiger partial charge in [0, 0.05) is 18.7 Å². The Morgan fingerprint density at radius 2 is 1.58 bits per heavy atom. The number of rotatable bonds is 6. The van der Waals surface area contributed by atoms with Gasteiger partial charge in [0.2, 0.25) is 5.95 Å². The second kappa shape index (κ2) is 10.5. The molecule has 0 saturated carbocycles. The molecule has 0 radical (unpaired) electrons. The van der Waals surface area contributed by atoms with Crippen molar-refractivity contribution in [2.75, 3.05) is 31.2 Å². The molecule has 1 aliphatic rings. The Balaban J connectivity index is 1.57. The van der Waals surface area contributed by atoms with Gasteiger partial charge in [-0.05, 0) is 35.4 Å². The van der Waals surface area contributed by atoms with Crippen LogP contribution >= 0.6 is 0 Å². The maximum Gasteiger partial charge on any atom is 0.416 e. The minimum atomic E-state index is -4.47. The third-order valence-electron chi connectivity index (χ3n) is 6.34. The highest BCUT2D eigenvalue weighted by molar-refractivity contribution is 6.07. The van der Waals surface area contributed by atoms with E-state index in [-0.39, 0.29) is 11.4 Å². The summed E-state index contributed by atoms with van der Waals surface area (Å²) in [5.41, 5.74) is 0.960. The summed E-state index contributed by atoms with van der Waals surface area (Å²) in [5.74, 6) is -1.18. The third kappa shape index (κ3) is 4.88. The molecule has 0 bridgehead atoms. The lowest BCUT2D eigenvalue weighted by molar-refractivity contribution is -0.137. The van der Waals surface area contributed by atoms with Crippen molar-refractivity contribution in [3.8, 4) is 22.9 Å². The van der Waals surface area contributed by atoms with Gasteiger partial charge in [-0.25, -0.2) is 0 Å². The van der Waals surface area contributed by atoms with Crippen molar-refractivity contribution in [1.82, 2.24) is 14.8 Å². The average molecular weight is 518 g/mol. The van der Waals surface area contributed by atoms with Gasteiger partial charge in [-0.15, -0.1) is 10.2 Å². The van der Waals surface area contributed by atoms with Gasteiger partial charge in [0.1, 0.15) is 0 Å². The van der Waals surface area contributed by atoms with Crippen molar-refractivity contribution in [1.29, 1.82) is 5.26 Å². The van der Waals surface area contributed by atoms with Gasteiger partial charge >= 0.3 is 6.18 Å². The van der Waals surface area contributed by atoms with E-state index in [4.69, 9.17) is 4.74 Å². The number of carbonyl (C=O) groups excluding carboxylic acids is 1. The molecule has 3 aromatic carbocycles. The van der Waals surface area contributed by atoms with Crippen LogP contribution in [0.4, 0.5) is 19.1 Å². The number of benzene rings is 3. The maximum atomic E-state index is 13.8. The normalized spacial score (nSPS) is 14.6. The molecule has 2 heterocycles. The van der Waals surface area contributed by atoms with Gasteiger partial charge in [0.05, 0.1) is 30.5 Å². The van der Waals surface area contributed by atoms with Crippen molar-refractivity contribution in [2.24, 2.45) is 0 Å². The Hall–Kier alpha value is -4.49. The minimum Gasteiger partial charge on any atom is -0.378 e. The van der Waals surface area contributed by atoms with E-state index in [0.717, 1.165) is 12.1 Å². The largest absolute Gasteiger partial charge is 0.416 e. The van der Waals surface area contributed by atoms with Gasteiger partial charge in [-0.2, -0.15) is 18.4 Å². The van der Waals surface area contributed by atoms with Crippen LogP contribution in [-0.2, 0) is 10.9 Å². The van der Waals surface area contributed by atoms with E-state index in [1.165, 1.54) is 12.1 Å². The van der Waals surface area contributed by atoms with Crippen LogP contribution in [0.5, 0.6) is 0 Å². The summed E-state index contributed by atoms with van der Waals surface area (Å²) >= 11 is 0. The van der Waals surface area contributed by atoms with Crippen molar-refractivity contribution in [3.05, 3.63) is 95.8 Å². The number of ether oxygens (including phenoxy) is 1. The number of hydrogen-bond donors (Lipinski definition) is 0. The average Bonchev–Trinajstić information content (AvgIpc) is 3.39. The Kier molecular flexibility index (Phi) is 6.94. The molecule has 1 aliphatic heterocycles. The zero-order valence-corrected chi connectivity index (χ0v) is 20.1. The number of hydrogen-bond acceptors (Lipinski definition) is 6. The Morgan fingerprint density at radius 3 is 2.24 bits per heavy atom. The topological polar surface area (TPSA) is 84.0 Å². The summed E-state index contributed by atoms with van der Waals surface area (Å²) in [6, 6.07) is 22.4. The van der Waals surface area contributed by atoms with Crippen LogP contribution in [0.3, 0.4) is 0 Å². The number of Topliss-reactive ketones (excluding diaryl/α,β-unsaturated/α-hetero) is 1. The molecular weight excluding hydrogens is 495 g/mol. The molecule has 4 aromatic rings. The summed E-state index contributed by atoms with van der Waals surface area (Å²) in [6.45, 7) is 2.18. The molecule has 38 heavy (non-hydrogen) atoms. The summed E-state index contributed by atoms with van der Waals surface area (Å²) in [4.78, 5) is 15.8. The van der Waals surface area contributed by atoms with E-state index in [1.54, 1.807) is 28.8 Å². The van der Waals surface area contributed by atoms with Gasteiger partial charge in [0.25, 0.3) is 0 Å². The van der Waals surface area contributed by atoms with E-state index >= 15 is 0 Å². The lowest BCUT2D eigenvalue weighted by atomic mass is 9.90. The molecule has 1 fully saturated rings. The van der Waals surface area contributed by atoms with Crippen LogP contribution in [-0.4, -0.2) is 46.9 Å². The first kappa shape index (κ1) is 25.2. The molecule has 0 amide bonds. The Bertz CT molecular complexity index is 1470. The lowest BCUT2D eigenvalue weighted by Gasteiger charge is -2.28. The fourth-order valence-electron chi connectivity index (χ4n) is 4.45. The van der Waals surface area contributed by atoms with Gasteiger partial charge < -0.3 is 9.64 Å². The predicted molar refractivity (Wildman–Crippen MR) is 134 cm³/mol. The lowest BCUT2D eigenvalue weighted by Crippen LogP contribution is -2.38. The van der Waals surface area contributed by atoms with Crippen molar-refractivity contribution in [3.63, 3.8) is 0 Å². The molecule has 0 spiro atoms. The van der Waals surface area contributed by atoms with Crippen LogP contribution in [0.15, 0.2) is 78.9 Å². The van der Waals surface area contributed by atoms with Crippen molar-refractivity contribution >= 4 is 11.7 Å². The first-order valence-electron chi connectivity index (χ1n) is 11.9. The van der Waals surface area contributed by atoms with Gasteiger partial charge in [-0.1, -0.05) is 54.6 Å². The molecule has 1 unspecified atom stereocenters. The second-order valence-corrected chi connectivity index (χ2v) is 8.68. The molecule has 0 aliphatic carbocycles. The Morgan fingerprint density at radius 1 is 0.921 bits per heavy atom. The van der Waals surface area contributed by atoms with Crippen molar-refractivity contribution < 1.29 is 22.7 Å². The standard InChI is InChI=1S/C28H22F3N5O2/c29-28(30,31)20-12-10-19(11-13-20)22-8-4-5-9-23(22)25(37)24(18-32)26-33-34-27(35-14-16-38-17-15-35)36(26)21-6-2-1-3-7-21/h1-13,24H,14-17H2. The number of nitriles is 1. The zero-order valence-electron chi connectivity index (χ0n) is 20.1. The smallest absolute Gasteiger partial charge is 0.378 e. The van der Waals surface area contributed by atoms with Gasteiger partial charge in [0.15, 0.2) is 17.5 Å². The summed E-state index contributed by atoms with van der Waals surface area (Å²) < 4.78 is 46.4. The van der Waals surface area contributed by atoms with Gasteiger partial charge in [-0.3, -0.25) is 9.36 Å². The predicted octanol–water partition coefficient (Wildman–Crippen LogP) is 5.28. The monoisotopic (exact) mass is 517 g/mol. The van der Waals surface area contributed by atoms with Crippen LogP contribution in [0.2, 0.25) is 0 Å². The van der Waals surface area contributed by atoms with Crippen molar-refractivity contribution in [2.45, 2.75) is 12.1 Å². The van der Waals surface area contributed by atoms with Crippen LogP contribution in [0, 0.1) is 11.3 Å². The third-order valence-corrected chi connectivity index (χ3v) is 6.34. The number of aromatic nitrogens is 3. The first-order valence-corrected chi connectivity index (χ1v) is 11.9. The van der Waals surface area contributed by atoms with Crippen LogP contribution < -0.4 is 4.90 Å². The van der Waals surface area contributed by atoms with Crippen LogP contribution in [0.1, 0.15) is 27.7 Å². The maximum absolute atomic E-state index is 13.8. The number of nitrogens with zero attached hydrogens (tertiary/aromatic N) is 5. The molecule has 1 atom stereocenters. The van der Waals surface area contributed by atoms with E-state index < -0.39 is 23.4 Å².